The summed E-state index contributed by atoms with van der Waals surface area (Å²) in [5.41, 5.74) is 1.26. The smallest absolute Gasteiger partial charge is 0.243 e. The van der Waals surface area contributed by atoms with Crippen molar-refractivity contribution in [1.82, 2.24) is 9.21 Å². The normalized spacial score (nSPS) is 17.1. The molecule has 6 heteroatoms. The van der Waals surface area contributed by atoms with E-state index in [1.54, 1.807) is 0 Å². The Bertz CT molecular complexity index is 786. The molecule has 1 heterocycles. The highest BCUT2D eigenvalue weighted by atomic mass is 32.2. The molecule has 0 bridgehead atoms. The van der Waals surface area contributed by atoms with E-state index in [9.17, 15) is 12.8 Å². The zero-order valence-electron chi connectivity index (χ0n) is 14.3. The van der Waals surface area contributed by atoms with Crippen molar-refractivity contribution in [3.8, 4) is 0 Å². The van der Waals surface area contributed by atoms with Gasteiger partial charge >= 0.3 is 0 Å². The van der Waals surface area contributed by atoms with E-state index >= 15 is 0 Å². The highest BCUT2D eigenvalue weighted by molar-refractivity contribution is 7.89. The largest absolute Gasteiger partial charge is 0.299 e. The summed E-state index contributed by atoms with van der Waals surface area (Å²) >= 11 is 0. The third-order valence-corrected chi connectivity index (χ3v) is 6.69. The first kappa shape index (κ1) is 18.0. The molecule has 2 aromatic carbocycles. The second-order valence-corrected chi connectivity index (χ2v) is 8.43. The fraction of sp³-hybridized carbons (Fsp3) is 0.368. The summed E-state index contributed by atoms with van der Waals surface area (Å²) < 4.78 is 39.8. The van der Waals surface area contributed by atoms with Crippen molar-refractivity contribution in [3.05, 3.63) is 66.0 Å². The Balaban J connectivity index is 1.60. The van der Waals surface area contributed by atoms with Crippen LogP contribution < -0.4 is 0 Å². The predicted octanol–water partition coefficient (Wildman–Crippen LogP) is 3.11. The Kier molecular flexibility index (Phi) is 5.51. The molecule has 2 aromatic rings. The standard InChI is InChI=1S/C19H23FN2O2S/c1-21(15-16-5-3-2-4-6-16)18-11-13-22(14-12-18)25(23,24)19-9-7-17(20)8-10-19/h2-10,18H,11-15H2,1H3. The number of hydrogen-bond acceptors (Lipinski definition) is 3. The number of sulfonamides is 1. The maximum Gasteiger partial charge on any atom is 0.243 e. The van der Waals surface area contributed by atoms with E-state index < -0.39 is 15.8 Å². The van der Waals surface area contributed by atoms with Crippen molar-refractivity contribution < 1.29 is 12.8 Å². The molecule has 0 spiro atoms. The van der Waals surface area contributed by atoms with Crippen LogP contribution in [0.5, 0.6) is 0 Å². The van der Waals surface area contributed by atoms with Crippen molar-refractivity contribution in [2.24, 2.45) is 0 Å². The molecule has 0 amide bonds. The number of piperidine rings is 1. The summed E-state index contributed by atoms with van der Waals surface area (Å²) in [5.74, 6) is -0.430. The van der Waals surface area contributed by atoms with E-state index in [2.05, 4.69) is 24.1 Å². The maximum atomic E-state index is 13.0. The molecule has 0 saturated carbocycles. The summed E-state index contributed by atoms with van der Waals surface area (Å²) in [6.07, 6.45) is 1.59. The van der Waals surface area contributed by atoms with Gasteiger partial charge in [0.25, 0.3) is 0 Å². The van der Waals surface area contributed by atoms with Crippen LogP contribution >= 0.6 is 0 Å². The summed E-state index contributed by atoms with van der Waals surface area (Å²) in [6.45, 7) is 1.84. The van der Waals surface area contributed by atoms with E-state index in [0.29, 0.717) is 19.1 Å². The molecule has 1 aliphatic heterocycles. The van der Waals surface area contributed by atoms with Crippen molar-refractivity contribution >= 4 is 10.0 Å². The molecule has 0 aromatic heterocycles. The quantitative estimate of drug-likeness (QED) is 0.821. The van der Waals surface area contributed by atoms with Crippen LogP contribution in [0.25, 0.3) is 0 Å². The van der Waals surface area contributed by atoms with Crippen LogP contribution in [0.15, 0.2) is 59.5 Å². The summed E-state index contributed by atoms with van der Waals surface area (Å²) in [6, 6.07) is 15.7. The van der Waals surface area contributed by atoms with Gasteiger partial charge in [0.15, 0.2) is 0 Å². The highest BCUT2D eigenvalue weighted by Gasteiger charge is 2.30. The van der Waals surface area contributed by atoms with Gasteiger partial charge in [0.1, 0.15) is 5.82 Å². The monoisotopic (exact) mass is 362 g/mol. The maximum absolute atomic E-state index is 13.0. The van der Waals surface area contributed by atoms with Crippen LogP contribution in [0, 0.1) is 5.82 Å². The molecule has 0 N–H and O–H groups in total. The number of nitrogens with zero attached hydrogens (tertiary/aromatic N) is 2. The van der Waals surface area contributed by atoms with Crippen LogP contribution in [-0.4, -0.2) is 43.8 Å². The van der Waals surface area contributed by atoms with Gasteiger partial charge in [-0.05, 0) is 49.7 Å². The summed E-state index contributed by atoms with van der Waals surface area (Å²) in [5, 5.41) is 0. The van der Waals surface area contributed by atoms with Crippen molar-refractivity contribution in [2.45, 2.75) is 30.3 Å². The Morgan fingerprint density at radius 1 is 1.04 bits per heavy atom. The first-order chi connectivity index (χ1) is 12.0. The lowest BCUT2D eigenvalue weighted by Gasteiger charge is -2.36. The second-order valence-electron chi connectivity index (χ2n) is 6.49. The molecular formula is C19H23FN2O2S. The van der Waals surface area contributed by atoms with Crippen molar-refractivity contribution in [2.75, 3.05) is 20.1 Å². The molecule has 134 valence electrons. The van der Waals surface area contributed by atoms with Crippen LogP contribution in [0.4, 0.5) is 4.39 Å². The minimum absolute atomic E-state index is 0.157. The molecule has 0 aliphatic carbocycles. The van der Waals surface area contributed by atoms with Gasteiger partial charge in [-0.3, -0.25) is 4.90 Å². The van der Waals surface area contributed by atoms with Crippen LogP contribution in [0.1, 0.15) is 18.4 Å². The summed E-state index contributed by atoms with van der Waals surface area (Å²) in [4.78, 5) is 2.45. The molecular weight excluding hydrogens is 339 g/mol. The molecule has 0 radical (unpaired) electrons. The Hall–Kier alpha value is -1.76. The molecule has 0 unspecified atom stereocenters. The first-order valence-electron chi connectivity index (χ1n) is 8.47. The minimum atomic E-state index is -3.54. The van der Waals surface area contributed by atoms with Gasteiger partial charge in [0.2, 0.25) is 10.0 Å². The Morgan fingerprint density at radius 3 is 2.24 bits per heavy atom. The number of halogens is 1. The number of benzene rings is 2. The van der Waals surface area contributed by atoms with E-state index in [-0.39, 0.29) is 4.90 Å². The topological polar surface area (TPSA) is 40.6 Å². The van der Waals surface area contributed by atoms with Crippen LogP contribution in [-0.2, 0) is 16.6 Å². The molecule has 4 nitrogen and oxygen atoms in total. The second kappa shape index (κ2) is 7.64. The van der Waals surface area contributed by atoms with Crippen LogP contribution in [0.3, 0.4) is 0 Å². The van der Waals surface area contributed by atoms with E-state index in [4.69, 9.17) is 0 Å². The SMILES string of the molecule is CN(Cc1ccccc1)C1CCN(S(=O)(=O)c2ccc(F)cc2)CC1. The van der Waals surface area contributed by atoms with Gasteiger partial charge in [0.05, 0.1) is 4.90 Å². The number of hydrogen-bond donors (Lipinski definition) is 0. The van der Waals surface area contributed by atoms with E-state index in [1.807, 2.05) is 18.2 Å². The van der Waals surface area contributed by atoms with Gasteiger partial charge in [-0.1, -0.05) is 30.3 Å². The summed E-state index contributed by atoms with van der Waals surface area (Å²) in [7, 11) is -1.45. The first-order valence-corrected chi connectivity index (χ1v) is 9.91. The minimum Gasteiger partial charge on any atom is -0.299 e. The zero-order chi connectivity index (χ0) is 17.9. The van der Waals surface area contributed by atoms with Crippen LogP contribution in [0.2, 0.25) is 0 Å². The lowest BCUT2D eigenvalue weighted by atomic mass is 10.0. The van der Waals surface area contributed by atoms with Gasteiger partial charge in [0, 0.05) is 25.7 Å². The highest BCUT2D eigenvalue weighted by Crippen LogP contribution is 2.23. The lowest BCUT2D eigenvalue weighted by molar-refractivity contribution is 0.162. The fourth-order valence-electron chi connectivity index (χ4n) is 3.28. The van der Waals surface area contributed by atoms with Crippen molar-refractivity contribution in [1.29, 1.82) is 0 Å². The average molecular weight is 362 g/mol. The Labute approximate surface area is 148 Å². The Morgan fingerprint density at radius 2 is 1.64 bits per heavy atom. The molecule has 1 fully saturated rings. The fourth-order valence-corrected chi connectivity index (χ4v) is 4.75. The average Bonchev–Trinajstić information content (AvgIpc) is 2.63. The van der Waals surface area contributed by atoms with Gasteiger partial charge in [-0.15, -0.1) is 0 Å². The molecule has 3 rings (SSSR count). The lowest BCUT2D eigenvalue weighted by Crippen LogP contribution is -2.45. The van der Waals surface area contributed by atoms with Gasteiger partial charge in [-0.25, -0.2) is 12.8 Å². The molecule has 1 aliphatic rings. The number of rotatable bonds is 5. The molecule has 25 heavy (non-hydrogen) atoms. The van der Waals surface area contributed by atoms with Gasteiger partial charge in [-0.2, -0.15) is 4.31 Å². The molecule has 1 saturated heterocycles. The third kappa shape index (κ3) is 4.26. The van der Waals surface area contributed by atoms with Crippen molar-refractivity contribution in [3.63, 3.8) is 0 Å². The van der Waals surface area contributed by atoms with E-state index in [1.165, 1.54) is 34.1 Å². The predicted molar refractivity (Wildman–Crippen MR) is 96.1 cm³/mol. The van der Waals surface area contributed by atoms with E-state index in [0.717, 1.165) is 19.4 Å². The molecule has 0 atom stereocenters. The third-order valence-electron chi connectivity index (χ3n) is 4.77. The zero-order valence-corrected chi connectivity index (χ0v) is 15.1. The van der Waals surface area contributed by atoms with Gasteiger partial charge < -0.3 is 0 Å².